The van der Waals surface area contributed by atoms with Gasteiger partial charge in [0, 0.05) is 5.69 Å². The standard InChI is InChI=1S/C18H14ClFN2O3/c1-10-3-4-12(7-16(10)20)18(24)25-11(2)17(23)22-14-6-5-13(9-21)15(19)8-14/h3-8,11H,1-2H3,(H,22,23)/t11-/m0/s1. The van der Waals surface area contributed by atoms with Crippen LogP contribution >= 0.6 is 11.6 Å². The highest BCUT2D eigenvalue weighted by Crippen LogP contribution is 2.20. The summed E-state index contributed by atoms with van der Waals surface area (Å²) in [6.45, 7) is 2.96. The molecule has 0 aliphatic carbocycles. The second-order valence-corrected chi connectivity index (χ2v) is 5.71. The van der Waals surface area contributed by atoms with Gasteiger partial charge in [-0.15, -0.1) is 0 Å². The Kier molecular flexibility index (Phi) is 5.73. The van der Waals surface area contributed by atoms with E-state index in [-0.39, 0.29) is 16.1 Å². The summed E-state index contributed by atoms with van der Waals surface area (Å²) >= 11 is 5.89. The van der Waals surface area contributed by atoms with Crippen molar-refractivity contribution in [3.63, 3.8) is 0 Å². The number of carbonyl (C=O) groups is 2. The lowest BCUT2D eigenvalue weighted by Gasteiger charge is -2.14. The van der Waals surface area contributed by atoms with Gasteiger partial charge in [-0.05, 0) is 49.7 Å². The fraction of sp³-hybridized carbons (Fsp3) is 0.167. The van der Waals surface area contributed by atoms with Crippen LogP contribution in [0.15, 0.2) is 36.4 Å². The van der Waals surface area contributed by atoms with Gasteiger partial charge < -0.3 is 10.1 Å². The van der Waals surface area contributed by atoms with E-state index < -0.39 is 23.8 Å². The molecule has 0 fully saturated rings. The van der Waals surface area contributed by atoms with Crippen molar-refractivity contribution in [1.29, 1.82) is 5.26 Å². The Balaban J connectivity index is 2.02. The highest BCUT2D eigenvalue weighted by molar-refractivity contribution is 6.32. The molecule has 128 valence electrons. The molecule has 1 amide bonds. The molecule has 0 aromatic heterocycles. The molecule has 0 saturated carbocycles. The van der Waals surface area contributed by atoms with E-state index in [0.717, 1.165) is 6.07 Å². The molecule has 0 aliphatic rings. The first-order valence-corrected chi connectivity index (χ1v) is 7.67. The second kappa shape index (κ2) is 7.77. The first-order chi connectivity index (χ1) is 11.8. The number of ether oxygens (including phenoxy) is 1. The van der Waals surface area contributed by atoms with Crippen LogP contribution in [0.2, 0.25) is 5.02 Å². The van der Waals surface area contributed by atoms with Crippen LogP contribution in [-0.4, -0.2) is 18.0 Å². The molecule has 0 saturated heterocycles. The van der Waals surface area contributed by atoms with Gasteiger partial charge in [-0.25, -0.2) is 9.18 Å². The number of anilines is 1. The van der Waals surface area contributed by atoms with Gasteiger partial charge in [-0.3, -0.25) is 4.79 Å². The number of aryl methyl sites for hydroxylation is 1. The van der Waals surface area contributed by atoms with Crippen molar-refractivity contribution in [1.82, 2.24) is 0 Å². The van der Waals surface area contributed by atoms with Crippen molar-refractivity contribution in [3.05, 3.63) is 63.9 Å². The van der Waals surface area contributed by atoms with Gasteiger partial charge in [0.05, 0.1) is 16.1 Å². The second-order valence-electron chi connectivity index (χ2n) is 5.31. The van der Waals surface area contributed by atoms with Crippen molar-refractivity contribution >= 4 is 29.2 Å². The molecular weight excluding hydrogens is 347 g/mol. The van der Waals surface area contributed by atoms with Gasteiger partial charge in [-0.1, -0.05) is 17.7 Å². The molecular formula is C18H14ClFN2O3. The van der Waals surface area contributed by atoms with E-state index in [4.69, 9.17) is 21.6 Å². The molecule has 0 bridgehead atoms. The van der Waals surface area contributed by atoms with E-state index in [0.29, 0.717) is 11.3 Å². The van der Waals surface area contributed by atoms with Gasteiger partial charge >= 0.3 is 5.97 Å². The van der Waals surface area contributed by atoms with Crippen LogP contribution in [0.3, 0.4) is 0 Å². The fourth-order valence-corrected chi connectivity index (χ4v) is 2.15. The van der Waals surface area contributed by atoms with Crippen LogP contribution in [0.4, 0.5) is 10.1 Å². The first kappa shape index (κ1) is 18.4. The van der Waals surface area contributed by atoms with Crippen LogP contribution < -0.4 is 5.32 Å². The fourth-order valence-electron chi connectivity index (χ4n) is 1.93. The molecule has 7 heteroatoms. The summed E-state index contributed by atoms with van der Waals surface area (Å²) in [7, 11) is 0. The van der Waals surface area contributed by atoms with Gasteiger partial charge in [-0.2, -0.15) is 5.26 Å². The number of hydrogen-bond acceptors (Lipinski definition) is 4. The van der Waals surface area contributed by atoms with Gasteiger partial charge in [0.15, 0.2) is 6.10 Å². The van der Waals surface area contributed by atoms with Gasteiger partial charge in [0.2, 0.25) is 0 Å². The number of hydrogen-bond donors (Lipinski definition) is 1. The maximum absolute atomic E-state index is 13.5. The third-order valence-corrected chi connectivity index (χ3v) is 3.73. The maximum atomic E-state index is 13.5. The van der Waals surface area contributed by atoms with Crippen LogP contribution in [-0.2, 0) is 9.53 Å². The average molecular weight is 361 g/mol. The predicted molar refractivity (Wildman–Crippen MR) is 90.8 cm³/mol. The minimum atomic E-state index is -1.11. The molecule has 1 atom stereocenters. The van der Waals surface area contributed by atoms with E-state index in [1.54, 1.807) is 6.92 Å². The first-order valence-electron chi connectivity index (χ1n) is 7.29. The summed E-state index contributed by atoms with van der Waals surface area (Å²) in [4.78, 5) is 24.1. The summed E-state index contributed by atoms with van der Waals surface area (Å²) in [6, 6.07) is 10.2. The van der Waals surface area contributed by atoms with Crippen LogP contribution in [0.5, 0.6) is 0 Å². The summed E-state index contributed by atoms with van der Waals surface area (Å²) in [5.74, 6) is -1.92. The molecule has 0 heterocycles. The zero-order valence-electron chi connectivity index (χ0n) is 13.5. The third kappa shape index (κ3) is 4.55. The summed E-state index contributed by atoms with van der Waals surface area (Å²) in [5.41, 5.74) is 1.06. The number of benzene rings is 2. The van der Waals surface area contributed by atoms with Crippen LogP contribution in [0.25, 0.3) is 0 Å². The smallest absolute Gasteiger partial charge is 0.339 e. The van der Waals surface area contributed by atoms with Crippen LogP contribution in [0.1, 0.15) is 28.4 Å². The molecule has 2 aromatic carbocycles. The van der Waals surface area contributed by atoms with Crippen molar-refractivity contribution < 1.29 is 18.7 Å². The minimum Gasteiger partial charge on any atom is -0.449 e. The van der Waals surface area contributed by atoms with E-state index in [9.17, 15) is 14.0 Å². The Labute approximate surface area is 149 Å². The van der Waals surface area contributed by atoms with Crippen molar-refractivity contribution in [3.8, 4) is 6.07 Å². The number of rotatable bonds is 4. The number of nitrogens with zero attached hydrogens (tertiary/aromatic N) is 1. The van der Waals surface area contributed by atoms with E-state index in [1.165, 1.54) is 37.3 Å². The largest absolute Gasteiger partial charge is 0.449 e. The number of esters is 1. The number of nitrogens with one attached hydrogen (secondary N) is 1. The zero-order chi connectivity index (χ0) is 18.6. The highest BCUT2D eigenvalue weighted by Gasteiger charge is 2.20. The molecule has 0 unspecified atom stereocenters. The Bertz CT molecular complexity index is 877. The normalized spacial score (nSPS) is 11.3. The quantitative estimate of drug-likeness (QED) is 0.840. The lowest BCUT2D eigenvalue weighted by Crippen LogP contribution is -2.30. The summed E-state index contributed by atoms with van der Waals surface area (Å²) in [5, 5.41) is 11.5. The van der Waals surface area contributed by atoms with E-state index in [2.05, 4.69) is 5.32 Å². The van der Waals surface area contributed by atoms with Gasteiger partial charge in [0.25, 0.3) is 5.91 Å². The molecule has 1 N–H and O–H groups in total. The van der Waals surface area contributed by atoms with Crippen molar-refractivity contribution in [2.75, 3.05) is 5.32 Å². The lowest BCUT2D eigenvalue weighted by atomic mass is 10.1. The van der Waals surface area contributed by atoms with Crippen LogP contribution in [0, 0.1) is 24.1 Å². The summed E-state index contributed by atoms with van der Waals surface area (Å²) in [6.07, 6.45) is -1.11. The lowest BCUT2D eigenvalue weighted by molar-refractivity contribution is -0.123. The molecule has 0 radical (unpaired) electrons. The maximum Gasteiger partial charge on any atom is 0.339 e. The number of nitriles is 1. The van der Waals surface area contributed by atoms with E-state index >= 15 is 0 Å². The number of amides is 1. The monoisotopic (exact) mass is 360 g/mol. The predicted octanol–water partition coefficient (Wildman–Crippen LogP) is 3.84. The highest BCUT2D eigenvalue weighted by atomic mass is 35.5. The Hall–Kier alpha value is -2.91. The number of carbonyl (C=O) groups excluding carboxylic acids is 2. The Morgan fingerprint density at radius 3 is 2.60 bits per heavy atom. The van der Waals surface area contributed by atoms with Gasteiger partial charge in [0.1, 0.15) is 11.9 Å². The molecule has 2 rings (SSSR count). The zero-order valence-corrected chi connectivity index (χ0v) is 14.2. The van der Waals surface area contributed by atoms with Crippen molar-refractivity contribution in [2.45, 2.75) is 20.0 Å². The molecule has 0 spiro atoms. The Morgan fingerprint density at radius 1 is 1.28 bits per heavy atom. The molecule has 0 aliphatic heterocycles. The topological polar surface area (TPSA) is 79.2 Å². The van der Waals surface area contributed by atoms with E-state index in [1.807, 2.05) is 6.07 Å². The SMILES string of the molecule is Cc1ccc(C(=O)O[C@@H](C)C(=O)Nc2ccc(C#N)c(Cl)c2)cc1F. The average Bonchev–Trinajstić information content (AvgIpc) is 2.57. The van der Waals surface area contributed by atoms with Crippen molar-refractivity contribution in [2.24, 2.45) is 0 Å². The molecule has 5 nitrogen and oxygen atoms in total. The molecule has 25 heavy (non-hydrogen) atoms. The number of halogens is 2. The third-order valence-electron chi connectivity index (χ3n) is 3.42. The minimum absolute atomic E-state index is 0.0177. The Morgan fingerprint density at radius 2 is 2.00 bits per heavy atom. The summed E-state index contributed by atoms with van der Waals surface area (Å²) < 4.78 is 18.5. The molecule has 2 aromatic rings.